The number of nitrogens with zero attached hydrogens (tertiary/aromatic N) is 2. The lowest BCUT2D eigenvalue weighted by Crippen LogP contribution is -2.09. The number of carbonyl (C=O) groups is 1. The van der Waals surface area contributed by atoms with Gasteiger partial charge in [-0.25, -0.2) is 8.78 Å². The van der Waals surface area contributed by atoms with Crippen LogP contribution < -0.4 is 5.73 Å². The van der Waals surface area contributed by atoms with Gasteiger partial charge in [0.2, 0.25) is 0 Å². The third-order valence-electron chi connectivity index (χ3n) is 1.89. The molecule has 0 unspecified atom stereocenters. The normalized spacial score (nSPS) is 10.1. The third-order valence-corrected chi connectivity index (χ3v) is 1.89. The van der Waals surface area contributed by atoms with Crippen molar-refractivity contribution >= 4 is 6.29 Å². The molecule has 0 saturated carbocycles. The molecule has 6 heteroatoms. The molecule has 0 aromatic carbocycles. The highest BCUT2D eigenvalue weighted by Crippen LogP contribution is 2.26. The van der Waals surface area contributed by atoms with Crippen LogP contribution in [-0.4, -0.2) is 11.3 Å². The molecule has 0 aliphatic rings. The lowest BCUT2D eigenvalue weighted by Gasteiger charge is -2.09. The van der Waals surface area contributed by atoms with E-state index in [9.17, 15) is 13.6 Å². The van der Waals surface area contributed by atoms with Gasteiger partial charge in [0.25, 0.3) is 6.43 Å². The molecule has 1 aromatic rings. The van der Waals surface area contributed by atoms with Crippen molar-refractivity contribution in [1.82, 2.24) is 4.98 Å². The van der Waals surface area contributed by atoms with Crippen LogP contribution in [-0.2, 0) is 6.54 Å². The molecule has 0 bridgehead atoms. The maximum absolute atomic E-state index is 12.6. The Balaban J connectivity index is 3.53. The molecule has 0 aliphatic heterocycles. The third kappa shape index (κ3) is 1.97. The first-order valence-electron chi connectivity index (χ1n) is 4.01. The van der Waals surface area contributed by atoms with Gasteiger partial charge in [-0.05, 0) is 0 Å². The van der Waals surface area contributed by atoms with Crippen molar-refractivity contribution in [3.05, 3.63) is 28.6 Å². The smallest absolute Gasteiger partial charge is 0.266 e. The Hall–Kier alpha value is -1.87. The molecular weight excluding hydrogens is 204 g/mol. The second-order valence-corrected chi connectivity index (χ2v) is 2.68. The number of alkyl halides is 2. The van der Waals surface area contributed by atoms with Gasteiger partial charge in [-0.15, -0.1) is 0 Å². The molecule has 4 nitrogen and oxygen atoms in total. The summed E-state index contributed by atoms with van der Waals surface area (Å²) >= 11 is 0. The molecule has 0 saturated heterocycles. The molecule has 0 atom stereocenters. The van der Waals surface area contributed by atoms with Crippen LogP contribution in [0.4, 0.5) is 8.78 Å². The fourth-order valence-corrected chi connectivity index (χ4v) is 1.20. The molecule has 0 fully saturated rings. The van der Waals surface area contributed by atoms with E-state index in [2.05, 4.69) is 4.98 Å². The molecule has 15 heavy (non-hydrogen) atoms. The first kappa shape index (κ1) is 11.2. The zero-order valence-corrected chi connectivity index (χ0v) is 7.58. The van der Waals surface area contributed by atoms with Crippen molar-refractivity contribution in [2.24, 2.45) is 5.73 Å². The summed E-state index contributed by atoms with van der Waals surface area (Å²) in [7, 11) is 0. The number of aldehydes is 1. The van der Waals surface area contributed by atoms with Crippen LogP contribution in [0.1, 0.15) is 33.6 Å². The largest absolute Gasteiger partial charge is 0.325 e. The van der Waals surface area contributed by atoms with Gasteiger partial charge in [0, 0.05) is 18.3 Å². The van der Waals surface area contributed by atoms with Gasteiger partial charge in [-0.3, -0.25) is 9.78 Å². The lowest BCUT2D eigenvalue weighted by atomic mass is 10.0. The second kappa shape index (κ2) is 4.57. The molecule has 1 aromatic heterocycles. The number of hydrogen-bond donors (Lipinski definition) is 1. The monoisotopic (exact) mass is 211 g/mol. The van der Waals surface area contributed by atoms with Crippen LogP contribution in [0.5, 0.6) is 0 Å². The number of hydrogen-bond acceptors (Lipinski definition) is 4. The molecule has 1 rings (SSSR count). The van der Waals surface area contributed by atoms with E-state index in [0.29, 0.717) is 0 Å². The second-order valence-electron chi connectivity index (χ2n) is 2.68. The number of nitrogens with two attached hydrogens (primary N) is 1. The summed E-state index contributed by atoms with van der Waals surface area (Å²) in [6.07, 6.45) is -1.58. The average Bonchev–Trinajstić information content (AvgIpc) is 2.26. The maximum atomic E-state index is 12.6. The minimum Gasteiger partial charge on any atom is -0.325 e. The van der Waals surface area contributed by atoms with Crippen LogP contribution in [0.25, 0.3) is 0 Å². The predicted molar refractivity (Wildman–Crippen MR) is 47.2 cm³/mol. The van der Waals surface area contributed by atoms with Crippen LogP contribution in [0.2, 0.25) is 0 Å². The van der Waals surface area contributed by atoms with E-state index in [1.165, 1.54) is 0 Å². The fraction of sp³-hybridized carbons (Fsp3) is 0.222. The fourth-order valence-electron chi connectivity index (χ4n) is 1.20. The summed E-state index contributed by atoms with van der Waals surface area (Å²) in [5, 5.41) is 8.59. The van der Waals surface area contributed by atoms with Gasteiger partial charge in [-0.2, -0.15) is 5.26 Å². The van der Waals surface area contributed by atoms with Gasteiger partial charge in [-0.1, -0.05) is 0 Å². The Morgan fingerprint density at radius 1 is 1.67 bits per heavy atom. The topological polar surface area (TPSA) is 79.8 Å². The predicted octanol–water partition coefficient (Wildman–Crippen LogP) is 1.16. The summed E-state index contributed by atoms with van der Waals surface area (Å²) in [5.41, 5.74) is 4.10. The molecular formula is C9H7F2N3O. The SMILES string of the molecule is N#Cc1cnc(CN)c(C(F)F)c1C=O. The van der Waals surface area contributed by atoms with Crippen LogP contribution >= 0.6 is 0 Å². The first-order chi connectivity index (χ1) is 7.15. The van der Waals surface area contributed by atoms with E-state index in [1.54, 1.807) is 6.07 Å². The van der Waals surface area contributed by atoms with Crippen molar-refractivity contribution in [1.29, 1.82) is 5.26 Å². The van der Waals surface area contributed by atoms with Crippen molar-refractivity contribution in [2.45, 2.75) is 13.0 Å². The van der Waals surface area contributed by atoms with Crippen molar-refractivity contribution in [3.8, 4) is 6.07 Å². The van der Waals surface area contributed by atoms with E-state index in [1.807, 2.05) is 0 Å². The van der Waals surface area contributed by atoms with E-state index in [4.69, 9.17) is 11.0 Å². The molecule has 78 valence electrons. The first-order valence-corrected chi connectivity index (χ1v) is 4.01. The standard InChI is InChI=1S/C9H7F2N3O/c10-9(11)8-6(4-15)5(1-12)3-14-7(8)2-13/h3-4,9H,2,13H2. The Morgan fingerprint density at radius 2 is 2.33 bits per heavy atom. The van der Waals surface area contributed by atoms with E-state index in [0.717, 1.165) is 6.20 Å². The Bertz CT molecular complexity index is 426. The zero-order chi connectivity index (χ0) is 11.4. The Kier molecular flexibility index (Phi) is 3.42. The molecule has 0 amide bonds. The summed E-state index contributed by atoms with van der Waals surface area (Å²) in [4.78, 5) is 14.2. The van der Waals surface area contributed by atoms with Crippen molar-refractivity contribution in [2.75, 3.05) is 0 Å². The number of rotatable bonds is 3. The number of aromatic nitrogens is 1. The van der Waals surface area contributed by atoms with Gasteiger partial charge in [0.1, 0.15) is 6.07 Å². The van der Waals surface area contributed by atoms with E-state index >= 15 is 0 Å². The Morgan fingerprint density at radius 3 is 2.73 bits per heavy atom. The molecule has 2 N–H and O–H groups in total. The number of carbonyl (C=O) groups excluding carboxylic acids is 1. The molecule has 1 heterocycles. The van der Waals surface area contributed by atoms with Crippen LogP contribution in [0.3, 0.4) is 0 Å². The number of nitriles is 1. The molecule has 0 aliphatic carbocycles. The van der Waals surface area contributed by atoms with E-state index < -0.39 is 12.0 Å². The highest BCUT2D eigenvalue weighted by Gasteiger charge is 2.21. The molecule has 0 radical (unpaired) electrons. The summed E-state index contributed by atoms with van der Waals surface area (Å²) < 4.78 is 25.2. The quantitative estimate of drug-likeness (QED) is 0.761. The van der Waals surface area contributed by atoms with Gasteiger partial charge >= 0.3 is 0 Å². The molecule has 0 spiro atoms. The summed E-state index contributed by atoms with van der Waals surface area (Å²) in [6.45, 7) is -0.202. The maximum Gasteiger partial charge on any atom is 0.266 e. The lowest BCUT2D eigenvalue weighted by molar-refractivity contribution is 0.110. The van der Waals surface area contributed by atoms with Crippen molar-refractivity contribution < 1.29 is 13.6 Å². The highest BCUT2D eigenvalue weighted by atomic mass is 19.3. The Labute approximate surface area is 84.3 Å². The number of halogens is 2. The average molecular weight is 211 g/mol. The van der Waals surface area contributed by atoms with Crippen molar-refractivity contribution in [3.63, 3.8) is 0 Å². The highest BCUT2D eigenvalue weighted by molar-refractivity contribution is 5.81. The minimum atomic E-state index is -2.87. The summed E-state index contributed by atoms with van der Waals surface area (Å²) in [6, 6.07) is 1.63. The van der Waals surface area contributed by atoms with Gasteiger partial charge < -0.3 is 5.73 Å². The summed E-state index contributed by atoms with van der Waals surface area (Å²) in [5.74, 6) is 0. The zero-order valence-electron chi connectivity index (χ0n) is 7.58. The van der Waals surface area contributed by atoms with Crippen LogP contribution in [0.15, 0.2) is 6.20 Å². The minimum absolute atomic E-state index is 0.0638. The van der Waals surface area contributed by atoms with Gasteiger partial charge in [0.15, 0.2) is 6.29 Å². The van der Waals surface area contributed by atoms with E-state index in [-0.39, 0.29) is 29.7 Å². The van der Waals surface area contributed by atoms with Gasteiger partial charge in [0.05, 0.1) is 16.8 Å². The number of pyridine rings is 1. The van der Waals surface area contributed by atoms with Crippen LogP contribution in [0, 0.1) is 11.3 Å².